The number of rotatable bonds is 6. The van der Waals surface area contributed by atoms with Crippen molar-refractivity contribution in [3.8, 4) is 0 Å². The van der Waals surface area contributed by atoms with E-state index in [1.165, 1.54) is 0 Å². The monoisotopic (exact) mass is 295 g/mol. The van der Waals surface area contributed by atoms with E-state index in [9.17, 15) is 4.79 Å². The molecule has 0 spiro atoms. The van der Waals surface area contributed by atoms with Gasteiger partial charge in [-0.15, -0.1) is 0 Å². The summed E-state index contributed by atoms with van der Waals surface area (Å²) in [7, 11) is 0. The van der Waals surface area contributed by atoms with Crippen LogP contribution < -0.4 is 10.9 Å². The summed E-state index contributed by atoms with van der Waals surface area (Å²) in [4.78, 5) is 19.1. The number of nitrogens with zero attached hydrogens (tertiary/aromatic N) is 1. The third kappa shape index (κ3) is 3.79. The van der Waals surface area contributed by atoms with Gasteiger partial charge in [-0.05, 0) is 32.0 Å². The molecule has 0 aliphatic carbocycles. The molecule has 0 fully saturated rings. The summed E-state index contributed by atoms with van der Waals surface area (Å²) in [5, 5.41) is 4.31. The first-order chi connectivity index (χ1) is 9.60. The van der Waals surface area contributed by atoms with Crippen LogP contribution in [-0.4, -0.2) is 29.2 Å². The number of hydrogen-bond donors (Lipinski definition) is 2. The zero-order valence-corrected chi connectivity index (χ0v) is 12.3. The van der Waals surface area contributed by atoms with Gasteiger partial charge in [0.05, 0.1) is 23.6 Å². The van der Waals surface area contributed by atoms with Gasteiger partial charge >= 0.3 is 0 Å². The fourth-order valence-electron chi connectivity index (χ4n) is 1.98. The van der Waals surface area contributed by atoms with E-state index in [1.54, 1.807) is 18.2 Å². The molecule has 108 valence electrons. The Kier molecular flexibility index (Phi) is 5.11. The van der Waals surface area contributed by atoms with E-state index >= 15 is 0 Å². The van der Waals surface area contributed by atoms with Gasteiger partial charge in [0, 0.05) is 18.2 Å². The highest BCUT2D eigenvalue weighted by Gasteiger charge is 2.05. The van der Waals surface area contributed by atoms with Gasteiger partial charge in [0.2, 0.25) is 0 Å². The Morgan fingerprint density at radius 1 is 1.50 bits per heavy atom. The summed E-state index contributed by atoms with van der Waals surface area (Å²) in [6.07, 6.45) is 0.127. The number of halogens is 1. The highest BCUT2D eigenvalue weighted by atomic mass is 35.5. The molecule has 2 aromatic rings. The van der Waals surface area contributed by atoms with Crippen molar-refractivity contribution in [2.24, 2.45) is 0 Å². The third-order valence-corrected chi connectivity index (χ3v) is 3.13. The van der Waals surface area contributed by atoms with Crippen molar-refractivity contribution in [1.29, 1.82) is 0 Å². The second-order valence-electron chi connectivity index (χ2n) is 4.57. The van der Waals surface area contributed by atoms with Crippen molar-refractivity contribution in [3.63, 3.8) is 0 Å². The largest absolute Gasteiger partial charge is 0.377 e. The van der Waals surface area contributed by atoms with Crippen molar-refractivity contribution < 1.29 is 4.74 Å². The van der Waals surface area contributed by atoms with Crippen LogP contribution in [0.25, 0.3) is 10.9 Å². The Labute approximate surface area is 122 Å². The lowest BCUT2D eigenvalue weighted by atomic mass is 10.2. The van der Waals surface area contributed by atoms with E-state index in [0.717, 1.165) is 0 Å². The quantitative estimate of drug-likeness (QED) is 0.856. The molecule has 1 aromatic carbocycles. The Morgan fingerprint density at radius 3 is 3.05 bits per heavy atom. The Morgan fingerprint density at radius 2 is 2.30 bits per heavy atom. The lowest BCUT2D eigenvalue weighted by Crippen LogP contribution is -2.28. The predicted molar refractivity (Wildman–Crippen MR) is 80.2 cm³/mol. The maximum Gasteiger partial charge on any atom is 0.258 e. The van der Waals surface area contributed by atoms with Crippen LogP contribution in [0.2, 0.25) is 5.02 Å². The van der Waals surface area contributed by atoms with Gasteiger partial charge in [0.15, 0.2) is 0 Å². The smallest absolute Gasteiger partial charge is 0.258 e. The van der Waals surface area contributed by atoms with Crippen molar-refractivity contribution in [3.05, 3.63) is 39.4 Å². The first-order valence-corrected chi connectivity index (χ1v) is 6.98. The SMILES string of the molecule is CCOC(C)CNCc1nc2cc(Cl)ccc2c(=O)[nH]1. The lowest BCUT2D eigenvalue weighted by Gasteiger charge is -2.12. The molecule has 0 bridgehead atoms. The van der Waals surface area contributed by atoms with Crippen LogP contribution in [0, 0.1) is 0 Å². The fourth-order valence-corrected chi connectivity index (χ4v) is 2.15. The standard InChI is InChI=1S/C14H18ClN3O2/c1-3-20-9(2)7-16-8-13-17-12-6-10(15)4-5-11(12)14(19)18-13/h4-6,9,16H,3,7-8H2,1-2H3,(H,17,18,19). The maximum atomic E-state index is 11.9. The molecule has 5 nitrogen and oxygen atoms in total. The summed E-state index contributed by atoms with van der Waals surface area (Å²) in [6, 6.07) is 5.05. The van der Waals surface area contributed by atoms with Crippen LogP contribution in [0.5, 0.6) is 0 Å². The first-order valence-electron chi connectivity index (χ1n) is 6.61. The van der Waals surface area contributed by atoms with Gasteiger partial charge in [-0.25, -0.2) is 4.98 Å². The molecule has 0 amide bonds. The number of aromatic nitrogens is 2. The maximum absolute atomic E-state index is 11.9. The van der Waals surface area contributed by atoms with E-state index in [4.69, 9.17) is 16.3 Å². The van der Waals surface area contributed by atoms with Crippen molar-refractivity contribution in [2.75, 3.05) is 13.2 Å². The molecule has 1 heterocycles. The highest BCUT2D eigenvalue weighted by Crippen LogP contribution is 2.14. The van der Waals surface area contributed by atoms with Gasteiger partial charge < -0.3 is 15.0 Å². The lowest BCUT2D eigenvalue weighted by molar-refractivity contribution is 0.0758. The van der Waals surface area contributed by atoms with Gasteiger partial charge in [0.25, 0.3) is 5.56 Å². The zero-order chi connectivity index (χ0) is 14.5. The van der Waals surface area contributed by atoms with E-state index < -0.39 is 0 Å². The molecular weight excluding hydrogens is 278 g/mol. The fraction of sp³-hybridized carbons (Fsp3) is 0.429. The van der Waals surface area contributed by atoms with Crippen LogP contribution in [0.4, 0.5) is 0 Å². The van der Waals surface area contributed by atoms with Crippen LogP contribution in [0.15, 0.2) is 23.0 Å². The molecule has 0 saturated carbocycles. The normalized spacial score (nSPS) is 12.8. The number of fused-ring (bicyclic) bond motifs is 1. The molecule has 6 heteroatoms. The number of H-pyrrole nitrogens is 1. The molecule has 2 rings (SSSR count). The third-order valence-electron chi connectivity index (χ3n) is 2.89. The molecule has 1 unspecified atom stereocenters. The number of nitrogens with one attached hydrogen (secondary N) is 2. The number of aromatic amines is 1. The van der Waals surface area contributed by atoms with Crippen LogP contribution in [-0.2, 0) is 11.3 Å². The minimum atomic E-state index is -0.152. The minimum absolute atomic E-state index is 0.127. The highest BCUT2D eigenvalue weighted by molar-refractivity contribution is 6.31. The van der Waals surface area contributed by atoms with Gasteiger partial charge in [-0.3, -0.25) is 4.79 Å². The van der Waals surface area contributed by atoms with E-state index in [2.05, 4.69) is 15.3 Å². The van der Waals surface area contributed by atoms with Crippen LogP contribution in [0.1, 0.15) is 19.7 Å². The van der Waals surface area contributed by atoms with Gasteiger partial charge in [-0.2, -0.15) is 0 Å². The van der Waals surface area contributed by atoms with E-state index in [1.807, 2.05) is 13.8 Å². The summed E-state index contributed by atoms with van der Waals surface area (Å²) in [5.74, 6) is 0.591. The molecule has 0 saturated heterocycles. The number of ether oxygens (including phenoxy) is 1. The number of benzene rings is 1. The Hall–Kier alpha value is -1.43. The first kappa shape index (κ1) is 15.0. The number of hydrogen-bond acceptors (Lipinski definition) is 4. The second-order valence-corrected chi connectivity index (χ2v) is 5.01. The Bertz CT molecular complexity index is 642. The molecule has 0 radical (unpaired) electrons. The van der Waals surface area contributed by atoms with Crippen molar-refractivity contribution in [1.82, 2.24) is 15.3 Å². The van der Waals surface area contributed by atoms with Crippen LogP contribution in [0.3, 0.4) is 0 Å². The predicted octanol–water partition coefficient (Wildman–Crippen LogP) is 2.09. The van der Waals surface area contributed by atoms with Crippen molar-refractivity contribution in [2.45, 2.75) is 26.5 Å². The minimum Gasteiger partial charge on any atom is -0.377 e. The van der Waals surface area contributed by atoms with Crippen LogP contribution >= 0.6 is 11.6 Å². The molecule has 2 N–H and O–H groups in total. The average Bonchev–Trinajstić information content (AvgIpc) is 2.38. The van der Waals surface area contributed by atoms with E-state index in [-0.39, 0.29) is 11.7 Å². The summed E-state index contributed by atoms with van der Waals surface area (Å²) >= 11 is 5.92. The summed E-state index contributed by atoms with van der Waals surface area (Å²) in [6.45, 7) is 5.82. The van der Waals surface area contributed by atoms with Gasteiger partial charge in [-0.1, -0.05) is 11.6 Å². The topological polar surface area (TPSA) is 67.0 Å². The molecule has 0 aliphatic heterocycles. The molecule has 1 aromatic heterocycles. The van der Waals surface area contributed by atoms with Crippen molar-refractivity contribution >= 4 is 22.5 Å². The van der Waals surface area contributed by atoms with E-state index in [0.29, 0.717) is 41.4 Å². The second kappa shape index (κ2) is 6.83. The average molecular weight is 296 g/mol. The molecule has 20 heavy (non-hydrogen) atoms. The molecule has 0 aliphatic rings. The zero-order valence-electron chi connectivity index (χ0n) is 11.6. The molecular formula is C14H18ClN3O2. The van der Waals surface area contributed by atoms with Gasteiger partial charge in [0.1, 0.15) is 5.82 Å². The Balaban J connectivity index is 2.09. The summed E-state index contributed by atoms with van der Waals surface area (Å²) < 4.78 is 5.42. The summed E-state index contributed by atoms with van der Waals surface area (Å²) in [5.41, 5.74) is 0.456. The molecule has 1 atom stereocenters.